The number of hydrogen-bond acceptors (Lipinski definition) is 3. The van der Waals surface area contributed by atoms with Crippen LogP contribution in [0.4, 0.5) is 0 Å². The second kappa shape index (κ2) is 7.56. The Morgan fingerprint density at radius 2 is 1.84 bits per heavy atom. The quantitative estimate of drug-likeness (QED) is 0.683. The number of aryl methyl sites for hydroxylation is 1. The molecule has 0 saturated carbocycles. The van der Waals surface area contributed by atoms with Crippen molar-refractivity contribution < 1.29 is 8.42 Å². The van der Waals surface area contributed by atoms with E-state index in [0.717, 1.165) is 29.8 Å². The number of nitrogens with zero attached hydrogens (tertiary/aromatic N) is 2. The Bertz CT molecular complexity index is 983. The summed E-state index contributed by atoms with van der Waals surface area (Å²) in [6.07, 6.45) is 1.50. The maximum atomic E-state index is 12.4. The summed E-state index contributed by atoms with van der Waals surface area (Å²) in [6.45, 7) is 3.23. The van der Waals surface area contributed by atoms with Gasteiger partial charge >= 0.3 is 0 Å². The van der Waals surface area contributed by atoms with Gasteiger partial charge < -0.3 is 4.57 Å². The van der Waals surface area contributed by atoms with Crippen LogP contribution in [0.1, 0.15) is 19.2 Å². The van der Waals surface area contributed by atoms with E-state index in [2.05, 4.69) is 21.2 Å². The van der Waals surface area contributed by atoms with E-state index >= 15 is 0 Å². The molecular weight excluding hydrogens is 358 g/mol. The molecule has 0 amide bonds. The van der Waals surface area contributed by atoms with Crippen molar-refractivity contribution in [1.82, 2.24) is 14.3 Å². The Balaban J connectivity index is 1.77. The first kappa shape index (κ1) is 17.9. The number of aromatic nitrogens is 2. The van der Waals surface area contributed by atoms with Crippen molar-refractivity contribution in [2.45, 2.75) is 31.2 Å². The van der Waals surface area contributed by atoms with Crippen LogP contribution < -0.4 is 4.72 Å². The number of para-hydroxylation sites is 2. The second-order valence-corrected chi connectivity index (χ2v) is 7.89. The highest BCUT2D eigenvalue weighted by Gasteiger charge is 2.17. The number of halogens is 1. The lowest BCUT2D eigenvalue weighted by Gasteiger charge is -2.10. The van der Waals surface area contributed by atoms with E-state index in [-0.39, 0.29) is 16.5 Å². The molecule has 0 atom stereocenters. The van der Waals surface area contributed by atoms with E-state index in [1.165, 1.54) is 6.07 Å². The van der Waals surface area contributed by atoms with E-state index in [1.807, 2.05) is 24.3 Å². The summed E-state index contributed by atoms with van der Waals surface area (Å²) in [5.41, 5.74) is 2.01. The summed E-state index contributed by atoms with van der Waals surface area (Å²) in [7, 11) is -3.64. The number of nitrogens with one attached hydrogen (secondary N) is 1. The van der Waals surface area contributed by atoms with Gasteiger partial charge in [-0.1, -0.05) is 42.8 Å². The number of fused-ring (bicyclic) bond motifs is 1. The molecule has 0 fully saturated rings. The van der Waals surface area contributed by atoms with Gasteiger partial charge in [0.2, 0.25) is 10.0 Å². The Labute approximate surface area is 152 Å². The van der Waals surface area contributed by atoms with Crippen LogP contribution in [0.15, 0.2) is 53.4 Å². The van der Waals surface area contributed by atoms with Crippen LogP contribution in [0.2, 0.25) is 5.02 Å². The molecule has 3 rings (SSSR count). The summed E-state index contributed by atoms with van der Waals surface area (Å²) in [6, 6.07) is 14.4. The summed E-state index contributed by atoms with van der Waals surface area (Å²) >= 11 is 5.99. The zero-order valence-electron chi connectivity index (χ0n) is 13.9. The maximum Gasteiger partial charge on any atom is 0.242 e. The molecule has 5 nitrogen and oxygen atoms in total. The van der Waals surface area contributed by atoms with Crippen LogP contribution >= 0.6 is 11.6 Å². The minimum atomic E-state index is -3.64. The maximum absolute atomic E-state index is 12.4. The highest BCUT2D eigenvalue weighted by molar-refractivity contribution is 7.89. The van der Waals surface area contributed by atoms with E-state index < -0.39 is 10.0 Å². The smallest absolute Gasteiger partial charge is 0.242 e. The van der Waals surface area contributed by atoms with Crippen molar-refractivity contribution in [2.75, 3.05) is 6.54 Å². The summed E-state index contributed by atoms with van der Waals surface area (Å²) in [5, 5.41) is 0.216. The van der Waals surface area contributed by atoms with Crippen LogP contribution in [0, 0.1) is 0 Å². The largest absolute Gasteiger partial charge is 0.328 e. The molecule has 0 aliphatic carbocycles. The Kier molecular flexibility index (Phi) is 5.42. The molecular formula is C18H20ClN3O2S. The minimum Gasteiger partial charge on any atom is -0.328 e. The van der Waals surface area contributed by atoms with Gasteiger partial charge in [-0.15, -0.1) is 0 Å². The van der Waals surface area contributed by atoms with Gasteiger partial charge in [0.15, 0.2) is 0 Å². The molecule has 1 N–H and O–H groups in total. The Hall–Kier alpha value is -1.89. The van der Waals surface area contributed by atoms with Gasteiger partial charge in [-0.2, -0.15) is 0 Å². The van der Waals surface area contributed by atoms with Crippen molar-refractivity contribution in [3.05, 3.63) is 59.4 Å². The third kappa shape index (κ3) is 3.86. The predicted octanol–water partition coefficient (Wildman–Crippen LogP) is 3.62. The number of rotatable bonds is 7. The van der Waals surface area contributed by atoms with Crippen LogP contribution in [-0.2, 0) is 23.0 Å². The molecule has 132 valence electrons. The van der Waals surface area contributed by atoms with Gasteiger partial charge in [0.25, 0.3) is 0 Å². The third-order valence-electron chi connectivity index (χ3n) is 3.95. The molecule has 7 heteroatoms. The number of sulfonamides is 1. The monoisotopic (exact) mass is 377 g/mol. The average molecular weight is 378 g/mol. The van der Waals surface area contributed by atoms with Crippen LogP contribution in [0.3, 0.4) is 0 Å². The molecule has 0 saturated heterocycles. The van der Waals surface area contributed by atoms with E-state index in [0.29, 0.717) is 6.42 Å². The average Bonchev–Trinajstić information content (AvgIpc) is 2.93. The van der Waals surface area contributed by atoms with E-state index in [1.54, 1.807) is 18.2 Å². The summed E-state index contributed by atoms with van der Waals surface area (Å²) < 4.78 is 29.6. The van der Waals surface area contributed by atoms with Crippen LogP contribution in [0.5, 0.6) is 0 Å². The first-order valence-corrected chi connectivity index (χ1v) is 10.1. The molecule has 0 aliphatic rings. The third-order valence-corrected chi connectivity index (χ3v) is 5.91. The topological polar surface area (TPSA) is 64.0 Å². The van der Waals surface area contributed by atoms with E-state index in [9.17, 15) is 8.42 Å². The molecule has 2 aromatic carbocycles. The molecule has 1 heterocycles. The van der Waals surface area contributed by atoms with Gasteiger partial charge in [-0.3, -0.25) is 0 Å². The Morgan fingerprint density at radius 3 is 2.60 bits per heavy atom. The zero-order chi connectivity index (χ0) is 17.9. The van der Waals surface area contributed by atoms with Crippen LogP contribution in [0.25, 0.3) is 11.0 Å². The standard InChI is InChI=1S/C18H20ClN3O2S/c1-2-13-22-16-9-5-4-8-15(16)21-18(22)11-12-20-25(23,24)17-10-6-3-7-14(17)19/h3-10,20H,2,11-13H2,1H3. The molecule has 0 unspecified atom stereocenters. The molecule has 0 radical (unpaired) electrons. The molecule has 0 aliphatic heterocycles. The Morgan fingerprint density at radius 1 is 1.12 bits per heavy atom. The lowest BCUT2D eigenvalue weighted by molar-refractivity contribution is 0.578. The summed E-state index contributed by atoms with van der Waals surface area (Å²) in [4.78, 5) is 4.74. The highest BCUT2D eigenvalue weighted by atomic mass is 35.5. The molecule has 0 bridgehead atoms. The van der Waals surface area contributed by atoms with E-state index in [4.69, 9.17) is 11.6 Å². The van der Waals surface area contributed by atoms with Crippen molar-refractivity contribution >= 4 is 32.7 Å². The number of benzene rings is 2. The molecule has 3 aromatic rings. The SMILES string of the molecule is CCCn1c(CCNS(=O)(=O)c2ccccc2Cl)nc2ccccc21. The van der Waals surface area contributed by atoms with Crippen molar-refractivity contribution in [3.63, 3.8) is 0 Å². The predicted molar refractivity (Wildman–Crippen MR) is 100 cm³/mol. The molecule has 1 aromatic heterocycles. The number of hydrogen-bond donors (Lipinski definition) is 1. The fourth-order valence-corrected chi connectivity index (χ4v) is 4.38. The first-order chi connectivity index (χ1) is 12.0. The lowest BCUT2D eigenvalue weighted by Crippen LogP contribution is -2.27. The van der Waals surface area contributed by atoms with Gasteiger partial charge in [-0.05, 0) is 30.7 Å². The number of imidazole rings is 1. The molecule has 25 heavy (non-hydrogen) atoms. The van der Waals surface area contributed by atoms with Gasteiger partial charge in [0, 0.05) is 19.5 Å². The zero-order valence-corrected chi connectivity index (χ0v) is 15.5. The fourth-order valence-electron chi connectivity index (χ4n) is 2.83. The normalized spacial score (nSPS) is 11.9. The fraction of sp³-hybridized carbons (Fsp3) is 0.278. The first-order valence-electron chi connectivity index (χ1n) is 8.21. The highest BCUT2D eigenvalue weighted by Crippen LogP contribution is 2.20. The van der Waals surface area contributed by atoms with Crippen molar-refractivity contribution in [2.24, 2.45) is 0 Å². The minimum absolute atomic E-state index is 0.0960. The van der Waals surface area contributed by atoms with Gasteiger partial charge in [0.1, 0.15) is 10.7 Å². The van der Waals surface area contributed by atoms with Crippen LogP contribution in [-0.4, -0.2) is 24.5 Å². The van der Waals surface area contributed by atoms with Crippen molar-refractivity contribution in [3.8, 4) is 0 Å². The van der Waals surface area contributed by atoms with Crippen molar-refractivity contribution in [1.29, 1.82) is 0 Å². The van der Waals surface area contributed by atoms with Gasteiger partial charge in [-0.25, -0.2) is 18.1 Å². The lowest BCUT2D eigenvalue weighted by atomic mass is 10.3. The molecule has 0 spiro atoms. The summed E-state index contributed by atoms with van der Waals surface area (Å²) in [5.74, 6) is 0.880. The second-order valence-electron chi connectivity index (χ2n) is 5.75. The van der Waals surface area contributed by atoms with Gasteiger partial charge in [0.05, 0.1) is 16.1 Å².